The quantitative estimate of drug-likeness (QED) is 0.685. The summed E-state index contributed by atoms with van der Waals surface area (Å²) in [5.41, 5.74) is -0.854. The van der Waals surface area contributed by atoms with Gasteiger partial charge in [0.25, 0.3) is 5.91 Å². The molecule has 0 heterocycles. The second kappa shape index (κ2) is 6.70. The second-order valence-corrected chi connectivity index (χ2v) is 5.80. The number of rotatable bonds is 3. The molecule has 1 amide bonds. The molecule has 0 fully saturated rings. The molecule has 0 aliphatic carbocycles. The minimum atomic E-state index is -4.85. The van der Waals surface area contributed by atoms with Gasteiger partial charge in [-0.25, -0.2) is 4.39 Å². The van der Waals surface area contributed by atoms with Crippen molar-refractivity contribution in [1.82, 2.24) is 4.90 Å². The van der Waals surface area contributed by atoms with E-state index in [1.54, 1.807) is 18.2 Å². The van der Waals surface area contributed by atoms with Gasteiger partial charge in [0.2, 0.25) is 0 Å². The molecule has 0 N–H and O–H groups in total. The average Bonchev–Trinajstić information content (AvgIpc) is 2.48. The number of carbonyl (C=O) groups is 1. The van der Waals surface area contributed by atoms with Gasteiger partial charge in [-0.05, 0) is 29.8 Å². The first kappa shape index (κ1) is 17.5. The highest BCUT2D eigenvalue weighted by Gasteiger charge is 2.34. The van der Waals surface area contributed by atoms with Gasteiger partial charge in [0.1, 0.15) is 5.82 Å². The van der Waals surface area contributed by atoms with E-state index in [1.807, 2.05) is 6.07 Å². The van der Waals surface area contributed by atoms with Gasteiger partial charge < -0.3 is 4.90 Å². The maximum absolute atomic E-state index is 13.3. The maximum Gasteiger partial charge on any atom is 0.419 e. The van der Waals surface area contributed by atoms with E-state index in [0.717, 1.165) is 16.1 Å². The molecule has 2 aromatic rings. The second-order valence-electron chi connectivity index (χ2n) is 4.95. The Labute approximate surface area is 138 Å². The molecule has 2 rings (SSSR count). The highest BCUT2D eigenvalue weighted by Crippen LogP contribution is 2.32. The van der Waals surface area contributed by atoms with Gasteiger partial charge in [-0.15, -0.1) is 0 Å². The van der Waals surface area contributed by atoms with E-state index in [4.69, 9.17) is 0 Å². The predicted octanol–water partition coefficient (Wildman–Crippen LogP) is 4.88. The standard InChI is InChI=1S/C16H12BrF4NO/c1-22(9-11-4-2-3-5-13(11)17)15(23)10-6-7-14(18)12(8-10)16(19,20)21/h2-8H,9H2,1H3. The Morgan fingerprint density at radius 2 is 1.83 bits per heavy atom. The van der Waals surface area contributed by atoms with E-state index in [1.165, 1.54) is 11.9 Å². The lowest BCUT2D eigenvalue weighted by molar-refractivity contribution is -0.140. The molecule has 0 spiro atoms. The van der Waals surface area contributed by atoms with Gasteiger partial charge in [-0.3, -0.25) is 4.79 Å². The van der Waals surface area contributed by atoms with Gasteiger partial charge in [-0.2, -0.15) is 13.2 Å². The van der Waals surface area contributed by atoms with Crippen molar-refractivity contribution in [2.24, 2.45) is 0 Å². The summed E-state index contributed by atoms with van der Waals surface area (Å²) in [5.74, 6) is -2.02. The third-order valence-corrected chi connectivity index (χ3v) is 4.00. The fourth-order valence-electron chi connectivity index (χ4n) is 2.05. The summed E-state index contributed by atoms with van der Waals surface area (Å²) in [6.45, 7) is 0.207. The van der Waals surface area contributed by atoms with Crippen molar-refractivity contribution in [3.63, 3.8) is 0 Å². The zero-order chi connectivity index (χ0) is 17.2. The van der Waals surface area contributed by atoms with Crippen LogP contribution < -0.4 is 0 Å². The van der Waals surface area contributed by atoms with Crippen LogP contribution in [0.2, 0.25) is 0 Å². The van der Waals surface area contributed by atoms with Crippen LogP contribution in [0.1, 0.15) is 21.5 Å². The SMILES string of the molecule is CN(Cc1ccccc1Br)C(=O)c1ccc(F)c(C(F)(F)F)c1. The number of halogens is 5. The summed E-state index contributed by atoms with van der Waals surface area (Å²) < 4.78 is 52.2. The third-order valence-electron chi connectivity index (χ3n) is 3.23. The largest absolute Gasteiger partial charge is 0.419 e. The van der Waals surface area contributed by atoms with E-state index < -0.39 is 23.5 Å². The van der Waals surface area contributed by atoms with Crippen molar-refractivity contribution in [3.05, 3.63) is 69.4 Å². The molecular weight excluding hydrogens is 378 g/mol. The molecule has 2 aromatic carbocycles. The van der Waals surface area contributed by atoms with Gasteiger partial charge in [0, 0.05) is 23.6 Å². The Kier molecular flexibility index (Phi) is 5.09. The van der Waals surface area contributed by atoms with E-state index in [2.05, 4.69) is 15.9 Å². The smallest absolute Gasteiger partial charge is 0.337 e. The highest BCUT2D eigenvalue weighted by atomic mass is 79.9. The molecule has 0 radical (unpaired) electrons. The first-order valence-corrected chi connectivity index (χ1v) is 7.35. The van der Waals surface area contributed by atoms with Crippen molar-refractivity contribution in [2.45, 2.75) is 12.7 Å². The van der Waals surface area contributed by atoms with Gasteiger partial charge in [0.15, 0.2) is 0 Å². The highest BCUT2D eigenvalue weighted by molar-refractivity contribution is 9.10. The van der Waals surface area contributed by atoms with Crippen LogP contribution in [0, 0.1) is 5.82 Å². The monoisotopic (exact) mass is 389 g/mol. The zero-order valence-electron chi connectivity index (χ0n) is 12.0. The summed E-state index contributed by atoms with van der Waals surface area (Å²) in [4.78, 5) is 13.5. The molecule has 0 aliphatic rings. The molecule has 0 unspecified atom stereocenters. The third kappa shape index (κ3) is 4.10. The van der Waals surface area contributed by atoms with Crippen molar-refractivity contribution < 1.29 is 22.4 Å². The van der Waals surface area contributed by atoms with E-state index >= 15 is 0 Å². The maximum atomic E-state index is 13.3. The van der Waals surface area contributed by atoms with Crippen LogP contribution in [0.25, 0.3) is 0 Å². The number of benzene rings is 2. The number of carbonyl (C=O) groups excluding carboxylic acids is 1. The van der Waals surface area contributed by atoms with Crippen LogP contribution in [-0.2, 0) is 12.7 Å². The summed E-state index contributed by atoms with van der Waals surface area (Å²) in [6.07, 6.45) is -4.85. The summed E-state index contributed by atoms with van der Waals surface area (Å²) in [7, 11) is 1.47. The van der Waals surface area contributed by atoms with Gasteiger partial charge in [-0.1, -0.05) is 34.1 Å². The number of hydrogen-bond donors (Lipinski definition) is 0. The lowest BCUT2D eigenvalue weighted by atomic mass is 10.1. The molecule has 23 heavy (non-hydrogen) atoms. The molecule has 0 aromatic heterocycles. The summed E-state index contributed by atoms with van der Waals surface area (Å²) in [5, 5.41) is 0. The van der Waals surface area contributed by atoms with Crippen molar-refractivity contribution >= 4 is 21.8 Å². The van der Waals surface area contributed by atoms with Crippen LogP contribution in [0.3, 0.4) is 0 Å². The lowest BCUT2D eigenvalue weighted by Crippen LogP contribution is -2.27. The molecule has 0 atom stereocenters. The van der Waals surface area contributed by atoms with Crippen LogP contribution >= 0.6 is 15.9 Å². The fourth-order valence-corrected chi connectivity index (χ4v) is 2.46. The molecule has 0 bridgehead atoms. The normalized spacial score (nSPS) is 11.4. The predicted molar refractivity (Wildman–Crippen MR) is 81.3 cm³/mol. The van der Waals surface area contributed by atoms with Crippen LogP contribution in [-0.4, -0.2) is 17.9 Å². The molecule has 0 saturated carbocycles. The Morgan fingerprint density at radius 1 is 1.17 bits per heavy atom. The number of alkyl halides is 3. The Hall–Kier alpha value is -1.89. The first-order chi connectivity index (χ1) is 10.7. The molecule has 7 heteroatoms. The minimum absolute atomic E-state index is 0.207. The van der Waals surface area contributed by atoms with Crippen LogP contribution in [0.5, 0.6) is 0 Å². The van der Waals surface area contributed by atoms with Gasteiger partial charge >= 0.3 is 6.18 Å². The van der Waals surface area contributed by atoms with Crippen molar-refractivity contribution in [1.29, 1.82) is 0 Å². The number of amides is 1. The number of hydrogen-bond acceptors (Lipinski definition) is 1. The van der Waals surface area contributed by atoms with Crippen LogP contribution in [0.4, 0.5) is 17.6 Å². The molecule has 0 aliphatic heterocycles. The number of nitrogens with zero attached hydrogens (tertiary/aromatic N) is 1. The summed E-state index contributed by atoms with van der Waals surface area (Å²) in [6, 6.07) is 9.43. The Balaban J connectivity index is 2.25. The van der Waals surface area contributed by atoms with E-state index in [9.17, 15) is 22.4 Å². The fraction of sp³-hybridized carbons (Fsp3) is 0.188. The molecule has 122 valence electrons. The van der Waals surface area contributed by atoms with Crippen molar-refractivity contribution in [2.75, 3.05) is 7.05 Å². The van der Waals surface area contributed by atoms with Gasteiger partial charge in [0.05, 0.1) is 5.56 Å². The van der Waals surface area contributed by atoms with Crippen molar-refractivity contribution in [3.8, 4) is 0 Å². The topological polar surface area (TPSA) is 20.3 Å². The van der Waals surface area contributed by atoms with Crippen LogP contribution in [0.15, 0.2) is 46.9 Å². The molecular formula is C16H12BrF4NO. The van der Waals surface area contributed by atoms with E-state index in [0.29, 0.717) is 12.1 Å². The molecule has 0 saturated heterocycles. The first-order valence-electron chi connectivity index (χ1n) is 6.56. The Bertz CT molecular complexity index is 730. The average molecular weight is 390 g/mol. The zero-order valence-corrected chi connectivity index (χ0v) is 13.6. The lowest BCUT2D eigenvalue weighted by Gasteiger charge is -2.19. The van der Waals surface area contributed by atoms with E-state index in [-0.39, 0.29) is 12.1 Å². The minimum Gasteiger partial charge on any atom is -0.337 e. The molecule has 2 nitrogen and oxygen atoms in total. The summed E-state index contributed by atoms with van der Waals surface area (Å²) >= 11 is 3.34. The Morgan fingerprint density at radius 3 is 2.43 bits per heavy atom.